The number of thioether (sulfide) groups is 1. The lowest BCUT2D eigenvalue weighted by Crippen LogP contribution is -2.27. The Balaban J connectivity index is 1.62. The van der Waals surface area contributed by atoms with Crippen LogP contribution in [0, 0.1) is 0 Å². The molecule has 2 aromatic heterocycles. The summed E-state index contributed by atoms with van der Waals surface area (Å²) in [6.45, 7) is 3.45. The molecule has 1 aromatic carbocycles. The van der Waals surface area contributed by atoms with Crippen LogP contribution in [0.4, 0.5) is 0 Å². The summed E-state index contributed by atoms with van der Waals surface area (Å²) in [6.07, 6.45) is 0. The third-order valence-electron chi connectivity index (χ3n) is 3.79. The Morgan fingerprint density at radius 1 is 1.20 bits per heavy atom. The lowest BCUT2D eigenvalue weighted by molar-refractivity contribution is -0.127. The van der Waals surface area contributed by atoms with Crippen molar-refractivity contribution in [3.63, 3.8) is 0 Å². The molecule has 0 spiro atoms. The normalized spacial score (nSPS) is 10.8. The molecular weight excluding hydrogens is 352 g/mol. The minimum atomic E-state index is 0.0807. The molecular formula is C18H20N4OS2. The quantitative estimate of drug-likeness (QED) is 0.592. The average Bonchev–Trinajstić information content (AvgIpc) is 3.29. The molecule has 130 valence electrons. The molecule has 0 aliphatic rings. The van der Waals surface area contributed by atoms with Gasteiger partial charge in [0.2, 0.25) is 5.91 Å². The molecule has 1 amide bonds. The van der Waals surface area contributed by atoms with E-state index >= 15 is 0 Å². The molecule has 0 saturated carbocycles. The van der Waals surface area contributed by atoms with Crippen LogP contribution in [-0.2, 0) is 17.9 Å². The number of benzene rings is 1. The van der Waals surface area contributed by atoms with E-state index in [2.05, 4.69) is 21.7 Å². The van der Waals surface area contributed by atoms with Crippen LogP contribution >= 0.6 is 23.1 Å². The summed E-state index contributed by atoms with van der Waals surface area (Å²) in [5, 5.41) is 11.4. The van der Waals surface area contributed by atoms with Crippen molar-refractivity contribution in [1.29, 1.82) is 0 Å². The molecule has 3 aromatic rings. The molecule has 0 aliphatic carbocycles. The number of carbonyl (C=O) groups excluding carboxylic acids is 1. The minimum Gasteiger partial charge on any atom is -0.341 e. The van der Waals surface area contributed by atoms with Gasteiger partial charge < -0.3 is 9.47 Å². The van der Waals surface area contributed by atoms with E-state index in [1.807, 2.05) is 54.9 Å². The number of aromatic nitrogens is 3. The highest BCUT2D eigenvalue weighted by Crippen LogP contribution is 2.27. The summed E-state index contributed by atoms with van der Waals surface area (Å²) < 4.78 is 2.06. The zero-order valence-corrected chi connectivity index (χ0v) is 15.9. The number of amides is 1. The van der Waals surface area contributed by atoms with Crippen molar-refractivity contribution in [2.75, 3.05) is 12.8 Å². The van der Waals surface area contributed by atoms with Crippen LogP contribution in [0.2, 0.25) is 0 Å². The van der Waals surface area contributed by atoms with Gasteiger partial charge in [-0.1, -0.05) is 48.2 Å². The number of nitrogens with zero attached hydrogens (tertiary/aromatic N) is 4. The highest BCUT2D eigenvalue weighted by Gasteiger charge is 2.16. The Morgan fingerprint density at radius 2 is 2.00 bits per heavy atom. The second kappa shape index (κ2) is 8.31. The molecule has 0 aliphatic heterocycles. The highest BCUT2D eigenvalue weighted by atomic mass is 32.2. The highest BCUT2D eigenvalue weighted by molar-refractivity contribution is 7.99. The van der Waals surface area contributed by atoms with E-state index in [4.69, 9.17) is 0 Å². The second-order valence-corrected chi connectivity index (χ2v) is 7.44. The fraction of sp³-hybridized carbons (Fsp3) is 0.278. The third kappa shape index (κ3) is 4.29. The lowest BCUT2D eigenvalue weighted by Gasteiger charge is -2.17. The number of hydrogen-bond donors (Lipinski definition) is 0. The summed E-state index contributed by atoms with van der Waals surface area (Å²) in [5.41, 5.74) is 1.13. The largest absolute Gasteiger partial charge is 0.341 e. The maximum atomic E-state index is 12.4. The SMILES string of the molecule is CCn1c(SCC(=O)N(C)Cc2ccccc2)nnc1-c1cccs1. The van der Waals surface area contributed by atoms with Gasteiger partial charge in [0, 0.05) is 20.1 Å². The van der Waals surface area contributed by atoms with Crippen molar-refractivity contribution in [2.45, 2.75) is 25.2 Å². The molecule has 0 radical (unpaired) electrons. The fourth-order valence-corrected chi connectivity index (χ4v) is 4.11. The summed E-state index contributed by atoms with van der Waals surface area (Å²) >= 11 is 3.08. The predicted molar refractivity (Wildman–Crippen MR) is 103 cm³/mol. The van der Waals surface area contributed by atoms with Gasteiger partial charge in [0.1, 0.15) is 0 Å². The van der Waals surface area contributed by atoms with E-state index in [0.717, 1.165) is 28.0 Å². The van der Waals surface area contributed by atoms with Gasteiger partial charge in [0.25, 0.3) is 0 Å². The third-order valence-corrected chi connectivity index (χ3v) is 5.61. The van der Waals surface area contributed by atoms with E-state index in [-0.39, 0.29) is 5.91 Å². The van der Waals surface area contributed by atoms with Crippen molar-refractivity contribution in [2.24, 2.45) is 0 Å². The second-order valence-electron chi connectivity index (χ2n) is 5.55. The first-order valence-corrected chi connectivity index (χ1v) is 9.93. The van der Waals surface area contributed by atoms with Crippen molar-refractivity contribution in [1.82, 2.24) is 19.7 Å². The maximum absolute atomic E-state index is 12.4. The Hall–Kier alpha value is -2.12. The number of carbonyl (C=O) groups is 1. The summed E-state index contributed by atoms with van der Waals surface area (Å²) in [6, 6.07) is 14.0. The van der Waals surface area contributed by atoms with Gasteiger partial charge in [0.15, 0.2) is 11.0 Å². The monoisotopic (exact) mass is 372 g/mol. The summed E-state index contributed by atoms with van der Waals surface area (Å²) in [5.74, 6) is 1.30. The van der Waals surface area contributed by atoms with Crippen molar-refractivity contribution in [3.05, 3.63) is 53.4 Å². The summed E-state index contributed by atoms with van der Waals surface area (Å²) in [7, 11) is 1.83. The van der Waals surface area contributed by atoms with E-state index in [9.17, 15) is 4.79 Å². The van der Waals surface area contributed by atoms with Gasteiger partial charge in [-0.25, -0.2) is 0 Å². The molecule has 0 saturated heterocycles. The molecule has 0 bridgehead atoms. The van der Waals surface area contributed by atoms with Crippen LogP contribution in [-0.4, -0.2) is 38.4 Å². The minimum absolute atomic E-state index is 0.0807. The van der Waals surface area contributed by atoms with Crippen LogP contribution in [0.3, 0.4) is 0 Å². The van der Waals surface area contributed by atoms with E-state index in [1.54, 1.807) is 16.2 Å². The topological polar surface area (TPSA) is 51.0 Å². The van der Waals surface area contributed by atoms with Gasteiger partial charge in [-0.2, -0.15) is 0 Å². The van der Waals surface area contributed by atoms with Crippen LogP contribution in [0.5, 0.6) is 0 Å². The van der Waals surface area contributed by atoms with E-state index in [1.165, 1.54) is 11.8 Å². The first-order chi connectivity index (χ1) is 12.2. The van der Waals surface area contributed by atoms with Crippen LogP contribution < -0.4 is 0 Å². The molecule has 0 unspecified atom stereocenters. The zero-order chi connectivity index (χ0) is 17.6. The maximum Gasteiger partial charge on any atom is 0.233 e. The van der Waals surface area contributed by atoms with E-state index in [0.29, 0.717) is 12.3 Å². The first kappa shape index (κ1) is 17.7. The molecule has 0 N–H and O–H groups in total. The molecule has 0 fully saturated rings. The number of rotatable bonds is 7. The number of thiophene rings is 1. The van der Waals surface area contributed by atoms with Gasteiger partial charge >= 0.3 is 0 Å². The van der Waals surface area contributed by atoms with Gasteiger partial charge in [-0.3, -0.25) is 4.79 Å². The molecule has 3 rings (SSSR count). The molecule has 5 nitrogen and oxygen atoms in total. The lowest BCUT2D eigenvalue weighted by atomic mass is 10.2. The van der Waals surface area contributed by atoms with Crippen LogP contribution in [0.1, 0.15) is 12.5 Å². The standard InChI is InChI=1S/C18H20N4OS2/c1-3-22-17(15-10-7-11-24-15)19-20-18(22)25-13-16(23)21(2)12-14-8-5-4-6-9-14/h4-11H,3,12-13H2,1-2H3. The Morgan fingerprint density at radius 3 is 2.68 bits per heavy atom. The van der Waals surface area contributed by atoms with Crippen molar-refractivity contribution < 1.29 is 4.79 Å². The summed E-state index contributed by atoms with van der Waals surface area (Å²) in [4.78, 5) is 15.2. The Bertz CT molecular complexity index is 815. The van der Waals surface area contributed by atoms with E-state index < -0.39 is 0 Å². The van der Waals surface area contributed by atoms with Gasteiger partial charge in [-0.05, 0) is 23.9 Å². The molecule has 2 heterocycles. The molecule has 0 atom stereocenters. The van der Waals surface area contributed by atoms with Crippen LogP contribution in [0.15, 0.2) is 53.0 Å². The Kier molecular flexibility index (Phi) is 5.88. The van der Waals surface area contributed by atoms with Gasteiger partial charge in [-0.15, -0.1) is 21.5 Å². The zero-order valence-electron chi connectivity index (χ0n) is 14.3. The molecule has 7 heteroatoms. The van der Waals surface area contributed by atoms with Crippen LogP contribution in [0.25, 0.3) is 10.7 Å². The van der Waals surface area contributed by atoms with Crippen molar-refractivity contribution in [3.8, 4) is 10.7 Å². The smallest absolute Gasteiger partial charge is 0.233 e. The fourth-order valence-electron chi connectivity index (χ4n) is 2.45. The number of hydrogen-bond acceptors (Lipinski definition) is 5. The predicted octanol–water partition coefficient (Wildman–Crippen LogP) is 3.78. The first-order valence-electron chi connectivity index (χ1n) is 8.06. The Labute approximate surface area is 155 Å². The molecule has 25 heavy (non-hydrogen) atoms. The average molecular weight is 373 g/mol. The van der Waals surface area contributed by atoms with Crippen molar-refractivity contribution >= 4 is 29.0 Å². The van der Waals surface area contributed by atoms with Gasteiger partial charge in [0.05, 0.1) is 10.6 Å².